The summed E-state index contributed by atoms with van der Waals surface area (Å²) in [6.45, 7) is 9.19. The molecule has 1 saturated heterocycles. The molecule has 66 valence electrons. The normalized spacial score (nSPS) is 39.5. The summed E-state index contributed by atoms with van der Waals surface area (Å²) in [6.07, 6.45) is 0. The van der Waals surface area contributed by atoms with Crippen LogP contribution in [0.5, 0.6) is 0 Å². The summed E-state index contributed by atoms with van der Waals surface area (Å²) in [6, 6.07) is 1.38. The lowest BCUT2D eigenvalue weighted by atomic mass is 10.0. The molecule has 0 aromatic carbocycles. The summed E-state index contributed by atoms with van der Waals surface area (Å²) in [5.41, 5.74) is 0. The van der Waals surface area contributed by atoms with Gasteiger partial charge in [-0.15, -0.1) is 0 Å². The van der Waals surface area contributed by atoms with Gasteiger partial charge in [0.25, 0.3) is 0 Å². The summed E-state index contributed by atoms with van der Waals surface area (Å²) < 4.78 is 0. The van der Waals surface area contributed by atoms with Crippen molar-refractivity contribution in [1.29, 1.82) is 0 Å². The minimum absolute atomic E-state index is 0.684. The van der Waals surface area contributed by atoms with Crippen LogP contribution in [0, 0.1) is 5.92 Å². The monoisotopic (exact) mass is 173 g/mol. The van der Waals surface area contributed by atoms with E-state index in [1.54, 1.807) is 0 Å². The van der Waals surface area contributed by atoms with Gasteiger partial charge in [-0.1, -0.05) is 13.8 Å². The standard InChI is InChI=1S/C9H19NS/c1-6(2)9-8(4)10-7(3)5-11-9/h6-10H,5H2,1-4H3. The van der Waals surface area contributed by atoms with Crippen LogP contribution in [0.25, 0.3) is 0 Å². The first-order chi connectivity index (χ1) is 5.11. The van der Waals surface area contributed by atoms with Gasteiger partial charge >= 0.3 is 0 Å². The fourth-order valence-electron chi connectivity index (χ4n) is 1.76. The minimum Gasteiger partial charge on any atom is -0.310 e. The van der Waals surface area contributed by atoms with Crippen molar-refractivity contribution in [2.24, 2.45) is 5.92 Å². The quantitative estimate of drug-likeness (QED) is 0.652. The second-order valence-corrected chi connectivity index (χ2v) is 5.11. The first-order valence-electron chi connectivity index (χ1n) is 4.49. The molecule has 0 amide bonds. The molecule has 1 aliphatic heterocycles. The van der Waals surface area contributed by atoms with Crippen LogP contribution in [0.1, 0.15) is 27.7 Å². The van der Waals surface area contributed by atoms with Crippen LogP contribution in [-0.2, 0) is 0 Å². The molecule has 0 aliphatic carbocycles. The maximum atomic E-state index is 3.59. The summed E-state index contributed by atoms with van der Waals surface area (Å²) in [5.74, 6) is 2.07. The predicted octanol–water partition coefficient (Wildman–Crippen LogP) is 2.12. The van der Waals surface area contributed by atoms with E-state index in [4.69, 9.17) is 0 Å². The fourth-order valence-corrected chi connectivity index (χ4v) is 3.12. The molecule has 0 aromatic rings. The van der Waals surface area contributed by atoms with Crippen molar-refractivity contribution in [3.05, 3.63) is 0 Å². The molecule has 1 aliphatic rings. The van der Waals surface area contributed by atoms with Crippen LogP contribution >= 0.6 is 11.8 Å². The average molecular weight is 173 g/mol. The summed E-state index contributed by atoms with van der Waals surface area (Å²) in [5, 5.41) is 4.40. The lowest BCUT2D eigenvalue weighted by molar-refractivity contribution is 0.411. The van der Waals surface area contributed by atoms with Crippen LogP contribution in [0.4, 0.5) is 0 Å². The zero-order valence-corrected chi connectivity index (χ0v) is 8.74. The molecule has 1 nitrogen and oxygen atoms in total. The molecule has 0 radical (unpaired) electrons. The van der Waals surface area contributed by atoms with E-state index in [0.717, 1.165) is 11.2 Å². The molecule has 0 bridgehead atoms. The van der Waals surface area contributed by atoms with E-state index in [1.807, 2.05) is 0 Å². The maximum Gasteiger partial charge on any atom is 0.0222 e. The predicted molar refractivity (Wildman–Crippen MR) is 53.1 cm³/mol. The van der Waals surface area contributed by atoms with Crippen molar-refractivity contribution in [3.8, 4) is 0 Å². The highest BCUT2D eigenvalue weighted by Gasteiger charge is 2.26. The number of hydrogen-bond acceptors (Lipinski definition) is 2. The van der Waals surface area contributed by atoms with E-state index in [-0.39, 0.29) is 0 Å². The van der Waals surface area contributed by atoms with Crippen LogP contribution in [0.15, 0.2) is 0 Å². The van der Waals surface area contributed by atoms with Gasteiger partial charge in [-0.2, -0.15) is 11.8 Å². The summed E-state index contributed by atoms with van der Waals surface area (Å²) in [4.78, 5) is 0. The Bertz CT molecular complexity index is 125. The largest absolute Gasteiger partial charge is 0.310 e. The van der Waals surface area contributed by atoms with Crippen molar-refractivity contribution in [3.63, 3.8) is 0 Å². The molecule has 0 spiro atoms. The van der Waals surface area contributed by atoms with Gasteiger partial charge < -0.3 is 5.32 Å². The fraction of sp³-hybridized carbons (Fsp3) is 1.00. The highest BCUT2D eigenvalue weighted by Crippen LogP contribution is 2.27. The van der Waals surface area contributed by atoms with E-state index in [0.29, 0.717) is 12.1 Å². The van der Waals surface area contributed by atoms with E-state index in [2.05, 4.69) is 44.8 Å². The average Bonchev–Trinajstić information content (AvgIpc) is 1.85. The third-order valence-electron chi connectivity index (χ3n) is 2.24. The smallest absolute Gasteiger partial charge is 0.0222 e. The lowest BCUT2D eigenvalue weighted by Gasteiger charge is -2.35. The molecule has 1 N–H and O–H groups in total. The first kappa shape index (κ1) is 9.40. The summed E-state index contributed by atoms with van der Waals surface area (Å²) >= 11 is 2.12. The Hall–Kier alpha value is 0.310. The SMILES string of the molecule is CC1CSC(C(C)C)C(C)N1. The number of hydrogen-bond donors (Lipinski definition) is 1. The molecular formula is C9H19NS. The Kier molecular flexibility index (Phi) is 3.26. The molecule has 3 unspecified atom stereocenters. The molecule has 0 aromatic heterocycles. The lowest BCUT2D eigenvalue weighted by Crippen LogP contribution is -2.48. The van der Waals surface area contributed by atoms with Gasteiger partial charge in [-0.25, -0.2) is 0 Å². The Balaban J connectivity index is 2.44. The zero-order chi connectivity index (χ0) is 8.43. The van der Waals surface area contributed by atoms with Gasteiger partial charge in [-0.05, 0) is 19.8 Å². The Labute approximate surface area is 74.3 Å². The molecule has 3 atom stereocenters. The van der Waals surface area contributed by atoms with Crippen molar-refractivity contribution < 1.29 is 0 Å². The highest BCUT2D eigenvalue weighted by molar-refractivity contribution is 8.00. The van der Waals surface area contributed by atoms with E-state index >= 15 is 0 Å². The topological polar surface area (TPSA) is 12.0 Å². The third kappa shape index (κ3) is 2.38. The molecule has 11 heavy (non-hydrogen) atoms. The van der Waals surface area contributed by atoms with Crippen LogP contribution < -0.4 is 5.32 Å². The molecular weight excluding hydrogens is 154 g/mol. The molecule has 2 heteroatoms. The second-order valence-electron chi connectivity index (χ2n) is 3.90. The van der Waals surface area contributed by atoms with Crippen LogP contribution in [-0.4, -0.2) is 23.1 Å². The Morgan fingerprint density at radius 1 is 1.36 bits per heavy atom. The van der Waals surface area contributed by atoms with Gasteiger partial charge in [0.15, 0.2) is 0 Å². The third-order valence-corrected chi connectivity index (χ3v) is 4.27. The molecule has 1 fully saturated rings. The van der Waals surface area contributed by atoms with Gasteiger partial charge in [-0.3, -0.25) is 0 Å². The van der Waals surface area contributed by atoms with Crippen molar-refractivity contribution in [2.45, 2.75) is 45.0 Å². The van der Waals surface area contributed by atoms with E-state index in [1.165, 1.54) is 5.75 Å². The van der Waals surface area contributed by atoms with Gasteiger partial charge in [0.1, 0.15) is 0 Å². The summed E-state index contributed by atoms with van der Waals surface area (Å²) in [7, 11) is 0. The zero-order valence-electron chi connectivity index (χ0n) is 7.92. The number of nitrogens with one attached hydrogen (secondary N) is 1. The van der Waals surface area contributed by atoms with Crippen LogP contribution in [0.3, 0.4) is 0 Å². The Morgan fingerprint density at radius 3 is 2.45 bits per heavy atom. The number of thioether (sulfide) groups is 1. The van der Waals surface area contributed by atoms with Gasteiger partial charge in [0.2, 0.25) is 0 Å². The van der Waals surface area contributed by atoms with Crippen molar-refractivity contribution in [2.75, 3.05) is 5.75 Å². The van der Waals surface area contributed by atoms with Gasteiger partial charge in [0, 0.05) is 23.1 Å². The number of rotatable bonds is 1. The van der Waals surface area contributed by atoms with Crippen LogP contribution in [0.2, 0.25) is 0 Å². The Morgan fingerprint density at radius 2 is 2.00 bits per heavy atom. The van der Waals surface area contributed by atoms with Gasteiger partial charge in [0.05, 0.1) is 0 Å². The molecule has 1 rings (SSSR count). The molecule has 1 heterocycles. The highest BCUT2D eigenvalue weighted by atomic mass is 32.2. The van der Waals surface area contributed by atoms with Crippen molar-refractivity contribution >= 4 is 11.8 Å². The van der Waals surface area contributed by atoms with E-state index in [9.17, 15) is 0 Å². The second kappa shape index (κ2) is 3.81. The first-order valence-corrected chi connectivity index (χ1v) is 5.53. The maximum absolute atomic E-state index is 3.59. The minimum atomic E-state index is 0.684. The molecule has 0 saturated carbocycles. The van der Waals surface area contributed by atoms with Crippen molar-refractivity contribution in [1.82, 2.24) is 5.32 Å². The van der Waals surface area contributed by atoms with E-state index < -0.39 is 0 Å².